The third-order valence-corrected chi connectivity index (χ3v) is 6.28. The van der Waals surface area contributed by atoms with Crippen molar-refractivity contribution in [1.29, 1.82) is 0 Å². The van der Waals surface area contributed by atoms with Gasteiger partial charge in [-0.05, 0) is 52.9 Å². The average molecular weight is 452 g/mol. The number of halogens is 3. The van der Waals surface area contributed by atoms with Crippen LogP contribution in [0.1, 0.15) is 65.7 Å². The van der Waals surface area contributed by atoms with Crippen molar-refractivity contribution in [2.24, 2.45) is 0 Å². The molecule has 1 atom stereocenters. The summed E-state index contributed by atoms with van der Waals surface area (Å²) in [5, 5.41) is 16.5. The van der Waals surface area contributed by atoms with Crippen LogP contribution in [0.3, 0.4) is 0 Å². The predicted molar refractivity (Wildman–Crippen MR) is 102 cm³/mol. The van der Waals surface area contributed by atoms with Gasteiger partial charge in [-0.3, -0.25) is 9.53 Å². The molecule has 4 aliphatic carbocycles. The molecule has 4 aliphatic rings. The van der Waals surface area contributed by atoms with Crippen LogP contribution in [-0.2, 0) is 19.0 Å². The monoisotopic (exact) mass is 452 g/mol. The summed E-state index contributed by atoms with van der Waals surface area (Å²) >= 11 is 0. The molecule has 2 amide bonds. The highest BCUT2D eigenvalue weighted by atomic mass is 19.4. The Balaban J connectivity index is 1.43. The summed E-state index contributed by atoms with van der Waals surface area (Å²) in [5.74, 6) is -0.373. The highest BCUT2D eigenvalue weighted by molar-refractivity contribution is 5.78. The van der Waals surface area contributed by atoms with Gasteiger partial charge in [0.15, 0.2) is 0 Å². The van der Waals surface area contributed by atoms with Crippen molar-refractivity contribution < 1.29 is 42.1 Å². The van der Waals surface area contributed by atoms with Gasteiger partial charge in [-0.2, -0.15) is 0 Å². The fourth-order valence-electron chi connectivity index (χ4n) is 4.63. The second-order valence-corrected chi connectivity index (χ2v) is 9.92. The Labute approximate surface area is 179 Å². The standard InChI is InChI=1S/C20H31F3N2O6/c1-17(2,3)31-16(28)25-19-6-4-18(5-7-19,10-14(19)26)24-15(27)11-29-12-8-13(9-12)30-20(21,22)23/h12-14,26H,4-11H2,1-3H3,(H,24,27)(H,25,28)/t12?,13?,14-,18?,19?/m0/s1. The van der Waals surface area contributed by atoms with Crippen LogP contribution >= 0.6 is 0 Å². The molecule has 0 radical (unpaired) electrons. The molecule has 178 valence electrons. The number of amides is 2. The Kier molecular flexibility index (Phi) is 6.52. The zero-order valence-electron chi connectivity index (χ0n) is 18.0. The van der Waals surface area contributed by atoms with E-state index in [-0.39, 0.29) is 25.4 Å². The van der Waals surface area contributed by atoms with Gasteiger partial charge in [0.25, 0.3) is 0 Å². The number of carbonyl (C=O) groups is 2. The molecule has 0 saturated heterocycles. The number of hydrogen-bond acceptors (Lipinski definition) is 6. The van der Waals surface area contributed by atoms with Crippen molar-refractivity contribution in [3.63, 3.8) is 0 Å². The Morgan fingerprint density at radius 3 is 2.16 bits per heavy atom. The fraction of sp³-hybridized carbons (Fsp3) is 0.900. The molecule has 4 saturated carbocycles. The summed E-state index contributed by atoms with van der Waals surface area (Å²) in [7, 11) is 0. The number of hydrogen-bond donors (Lipinski definition) is 3. The maximum atomic E-state index is 12.3. The summed E-state index contributed by atoms with van der Waals surface area (Å²) in [4.78, 5) is 24.5. The van der Waals surface area contributed by atoms with Crippen LogP contribution in [0, 0.1) is 0 Å². The molecule has 2 bridgehead atoms. The van der Waals surface area contributed by atoms with E-state index in [1.807, 2.05) is 0 Å². The van der Waals surface area contributed by atoms with E-state index in [2.05, 4.69) is 15.4 Å². The first-order valence-electron chi connectivity index (χ1n) is 10.6. The van der Waals surface area contributed by atoms with E-state index in [0.29, 0.717) is 32.1 Å². The Bertz CT molecular complexity index is 679. The summed E-state index contributed by atoms with van der Waals surface area (Å²) in [6.45, 7) is 5.02. The molecule has 0 aromatic rings. The van der Waals surface area contributed by atoms with E-state index in [9.17, 15) is 27.9 Å². The molecule has 11 heteroatoms. The number of fused-ring (bicyclic) bond motifs is 3. The van der Waals surface area contributed by atoms with E-state index in [1.165, 1.54) is 0 Å². The van der Waals surface area contributed by atoms with Crippen LogP contribution in [0.25, 0.3) is 0 Å². The molecule has 4 fully saturated rings. The van der Waals surface area contributed by atoms with Crippen molar-refractivity contribution in [2.75, 3.05) is 6.61 Å². The largest absolute Gasteiger partial charge is 0.522 e. The van der Waals surface area contributed by atoms with E-state index in [4.69, 9.17) is 9.47 Å². The van der Waals surface area contributed by atoms with Crippen molar-refractivity contribution >= 4 is 12.0 Å². The Hall–Kier alpha value is -1.59. The summed E-state index contributed by atoms with van der Waals surface area (Å²) in [6, 6.07) is 0. The third kappa shape index (κ3) is 6.23. The molecule has 0 aromatic heterocycles. The number of rotatable bonds is 6. The van der Waals surface area contributed by atoms with Crippen LogP contribution < -0.4 is 10.6 Å². The van der Waals surface area contributed by atoms with Crippen LogP contribution in [-0.4, -0.2) is 65.1 Å². The molecular formula is C20H31F3N2O6. The smallest absolute Gasteiger partial charge is 0.444 e. The molecule has 8 nitrogen and oxygen atoms in total. The molecule has 0 aliphatic heterocycles. The first-order valence-corrected chi connectivity index (χ1v) is 10.6. The Morgan fingerprint density at radius 1 is 1.03 bits per heavy atom. The van der Waals surface area contributed by atoms with Gasteiger partial charge in [0.2, 0.25) is 5.91 Å². The lowest BCUT2D eigenvalue weighted by Crippen LogP contribution is -2.70. The Morgan fingerprint density at radius 2 is 1.65 bits per heavy atom. The zero-order chi connectivity index (χ0) is 23.1. The van der Waals surface area contributed by atoms with E-state index >= 15 is 0 Å². The van der Waals surface area contributed by atoms with Crippen molar-refractivity contribution in [3.8, 4) is 0 Å². The average Bonchev–Trinajstić information content (AvgIpc) is 2.55. The van der Waals surface area contributed by atoms with Crippen molar-refractivity contribution in [2.45, 2.75) is 107 Å². The molecule has 0 unspecified atom stereocenters. The first kappa shape index (κ1) is 24.1. The molecule has 0 heterocycles. The first-order chi connectivity index (χ1) is 14.2. The minimum Gasteiger partial charge on any atom is -0.444 e. The predicted octanol–water partition coefficient (Wildman–Crippen LogP) is 2.53. The van der Waals surface area contributed by atoms with Gasteiger partial charge in [0.1, 0.15) is 12.2 Å². The minimum absolute atomic E-state index is 0.0928. The SMILES string of the molecule is CC(C)(C)OC(=O)NC12CCC(NC(=O)COC3CC(OC(F)(F)F)C3)(CC1)C[C@@H]2O. The maximum absolute atomic E-state index is 12.3. The fourth-order valence-corrected chi connectivity index (χ4v) is 4.63. The van der Waals surface area contributed by atoms with Crippen LogP contribution in [0.15, 0.2) is 0 Å². The number of nitrogens with one attached hydrogen (secondary N) is 2. The lowest BCUT2D eigenvalue weighted by molar-refractivity contribution is -0.357. The van der Waals surface area contributed by atoms with Gasteiger partial charge in [-0.25, -0.2) is 4.79 Å². The second-order valence-electron chi connectivity index (χ2n) is 9.92. The topological polar surface area (TPSA) is 106 Å². The quantitative estimate of drug-likeness (QED) is 0.572. The van der Waals surface area contributed by atoms with E-state index < -0.39 is 47.4 Å². The molecule has 31 heavy (non-hydrogen) atoms. The molecule has 0 spiro atoms. The number of ether oxygens (including phenoxy) is 3. The van der Waals surface area contributed by atoms with Gasteiger partial charge in [0.05, 0.1) is 23.9 Å². The zero-order valence-corrected chi connectivity index (χ0v) is 18.0. The number of aliphatic hydroxyl groups is 1. The lowest BCUT2D eigenvalue weighted by atomic mass is 9.60. The van der Waals surface area contributed by atoms with Gasteiger partial charge in [0, 0.05) is 18.4 Å². The van der Waals surface area contributed by atoms with Crippen molar-refractivity contribution in [3.05, 3.63) is 0 Å². The minimum atomic E-state index is -4.66. The molecular weight excluding hydrogens is 421 g/mol. The second kappa shape index (κ2) is 8.40. The van der Waals surface area contributed by atoms with Gasteiger partial charge >= 0.3 is 12.5 Å². The summed E-state index contributed by atoms with van der Waals surface area (Å²) < 4.78 is 51.0. The van der Waals surface area contributed by atoms with Crippen molar-refractivity contribution in [1.82, 2.24) is 10.6 Å². The number of carbonyl (C=O) groups excluding carboxylic acids is 2. The van der Waals surface area contributed by atoms with E-state index in [1.54, 1.807) is 20.8 Å². The van der Waals surface area contributed by atoms with Crippen LogP contribution in [0.5, 0.6) is 0 Å². The molecule has 4 rings (SSSR count). The third-order valence-electron chi connectivity index (χ3n) is 6.28. The van der Waals surface area contributed by atoms with E-state index in [0.717, 1.165) is 0 Å². The van der Waals surface area contributed by atoms with Gasteiger partial charge in [-0.1, -0.05) is 0 Å². The number of alkyl halides is 3. The molecule has 3 N–H and O–H groups in total. The highest BCUT2D eigenvalue weighted by Gasteiger charge is 2.55. The number of alkyl carbamates (subject to hydrolysis) is 1. The molecule has 0 aromatic carbocycles. The van der Waals surface area contributed by atoms with Gasteiger partial charge < -0.3 is 25.2 Å². The summed E-state index contributed by atoms with van der Waals surface area (Å²) in [5.41, 5.74) is -2.00. The van der Waals surface area contributed by atoms with Crippen LogP contribution in [0.2, 0.25) is 0 Å². The van der Waals surface area contributed by atoms with Crippen LogP contribution in [0.4, 0.5) is 18.0 Å². The lowest BCUT2D eigenvalue weighted by Gasteiger charge is -2.56. The summed E-state index contributed by atoms with van der Waals surface area (Å²) in [6.07, 6.45) is -4.82. The number of aliphatic hydroxyl groups excluding tert-OH is 1. The maximum Gasteiger partial charge on any atom is 0.522 e. The normalized spacial score (nSPS) is 35.3. The highest BCUT2D eigenvalue weighted by Crippen LogP contribution is 2.47. The van der Waals surface area contributed by atoms with Gasteiger partial charge in [-0.15, -0.1) is 13.2 Å².